The first kappa shape index (κ1) is 12.1. The van der Waals surface area contributed by atoms with E-state index >= 15 is 0 Å². The van der Waals surface area contributed by atoms with Crippen molar-refractivity contribution in [2.45, 2.75) is 84.5 Å². The van der Waals surface area contributed by atoms with Crippen LogP contribution in [-0.4, -0.2) is 0 Å². The lowest BCUT2D eigenvalue weighted by molar-refractivity contribution is 0.232. The number of rotatable bonds is 3. The summed E-state index contributed by atoms with van der Waals surface area (Å²) in [5.41, 5.74) is 0.695. The highest BCUT2D eigenvalue weighted by molar-refractivity contribution is 4.75. The van der Waals surface area contributed by atoms with Gasteiger partial charge in [0, 0.05) is 0 Å². The highest BCUT2D eigenvalue weighted by atomic mass is 14.3. The van der Waals surface area contributed by atoms with E-state index in [0.29, 0.717) is 5.41 Å². The van der Waals surface area contributed by atoms with Crippen LogP contribution >= 0.6 is 0 Å². The third-order valence-electron chi connectivity index (χ3n) is 3.94. The second-order valence-electron chi connectivity index (χ2n) is 5.54. The highest BCUT2D eigenvalue weighted by Gasteiger charge is 2.23. The minimum atomic E-state index is 0.695. The molecule has 0 radical (unpaired) electrons. The molecule has 0 atom stereocenters. The summed E-state index contributed by atoms with van der Waals surface area (Å²) in [7, 11) is 0. The molecule has 1 aliphatic carbocycles. The maximum atomic E-state index is 2.54. The zero-order valence-corrected chi connectivity index (χ0v) is 10.3. The van der Waals surface area contributed by atoms with Crippen LogP contribution in [0.5, 0.6) is 0 Å². The van der Waals surface area contributed by atoms with Gasteiger partial charge in [0.05, 0.1) is 0 Å². The fourth-order valence-corrected chi connectivity index (χ4v) is 2.79. The topological polar surface area (TPSA) is 0 Å². The Hall–Kier alpha value is 0. The van der Waals surface area contributed by atoms with E-state index in [0.717, 1.165) is 0 Å². The van der Waals surface area contributed by atoms with Crippen molar-refractivity contribution >= 4 is 0 Å². The van der Waals surface area contributed by atoms with Gasteiger partial charge in [0.15, 0.2) is 0 Å². The van der Waals surface area contributed by atoms with Crippen molar-refractivity contribution in [3.63, 3.8) is 0 Å². The summed E-state index contributed by atoms with van der Waals surface area (Å²) >= 11 is 0. The summed E-state index contributed by atoms with van der Waals surface area (Å²) in [4.78, 5) is 0. The van der Waals surface area contributed by atoms with Gasteiger partial charge in [0.2, 0.25) is 0 Å². The van der Waals surface area contributed by atoms with Gasteiger partial charge < -0.3 is 0 Å². The van der Waals surface area contributed by atoms with E-state index in [4.69, 9.17) is 0 Å². The number of hydrogen-bond acceptors (Lipinski definition) is 0. The van der Waals surface area contributed by atoms with Crippen molar-refractivity contribution in [2.75, 3.05) is 0 Å². The molecule has 0 aromatic carbocycles. The molecular formula is C14H28. The Balaban J connectivity index is 2.36. The van der Waals surface area contributed by atoms with Gasteiger partial charge in [0.1, 0.15) is 0 Å². The molecule has 0 unspecified atom stereocenters. The van der Waals surface area contributed by atoms with Gasteiger partial charge in [-0.15, -0.1) is 0 Å². The smallest absolute Gasteiger partial charge is 0.0326 e. The molecule has 0 bridgehead atoms. The maximum absolute atomic E-state index is 2.54. The fourth-order valence-electron chi connectivity index (χ4n) is 2.79. The summed E-state index contributed by atoms with van der Waals surface area (Å²) in [6.45, 7) is 4.85. The van der Waals surface area contributed by atoms with E-state index in [1.165, 1.54) is 70.6 Å². The number of unbranched alkanes of at least 4 members (excludes halogenated alkanes) is 1. The van der Waals surface area contributed by atoms with E-state index in [-0.39, 0.29) is 0 Å². The molecule has 0 aromatic heterocycles. The van der Waals surface area contributed by atoms with Gasteiger partial charge in [-0.2, -0.15) is 0 Å². The third-order valence-corrected chi connectivity index (χ3v) is 3.94. The molecular weight excluding hydrogens is 168 g/mol. The molecule has 1 saturated carbocycles. The van der Waals surface area contributed by atoms with Crippen LogP contribution in [0.4, 0.5) is 0 Å². The molecule has 0 nitrogen and oxygen atoms in total. The lowest BCUT2D eigenvalue weighted by Crippen LogP contribution is -2.16. The Morgan fingerprint density at radius 3 is 1.86 bits per heavy atom. The average molecular weight is 196 g/mol. The van der Waals surface area contributed by atoms with Gasteiger partial charge in [-0.25, -0.2) is 0 Å². The van der Waals surface area contributed by atoms with Crippen LogP contribution in [0.25, 0.3) is 0 Å². The summed E-state index contributed by atoms with van der Waals surface area (Å²) in [6, 6.07) is 0. The van der Waals surface area contributed by atoms with Crippen LogP contribution in [0.15, 0.2) is 0 Å². The standard InChI is InChI=1S/C14H28/c1-3-4-11-14(2)12-9-7-5-6-8-10-13-14/h3-13H2,1-2H3. The predicted molar refractivity (Wildman–Crippen MR) is 64.6 cm³/mol. The predicted octanol–water partition coefficient (Wildman–Crippen LogP) is 5.32. The number of hydrogen-bond donors (Lipinski definition) is 0. The average Bonchev–Trinajstić information content (AvgIpc) is 2.28. The molecule has 0 spiro atoms. The second kappa shape index (κ2) is 6.48. The van der Waals surface area contributed by atoms with E-state index in [1.807, 2.05) is 0 Å². The first-order valence-electron chi connectivity index (χ1n) is 6.77. The van der Waals surface area contributed by atoms with Crippen LogP contribution < -0.4 is 0 Å². The van der Waals surface area contributed by atoms with Gasteiger partial charge in [-0.05, 0) is 24.7 Å². The van der Waals surface area contributed by atoms with Crippen LogP contribution in [0.3, 0.4) is 0 Å². The first-order chi connectivity index (χ1) is 6.77. The van der Waals surface area contributed by atoms with Crippen LogP contribution in [0, 0.1) is 5.41 Å². The van der Waals surface area contributed by atoms with Crippen LogP contribution in [-0.2, 0) is 0 Å². The molecule has 14 heavy (non-hydrogen) atoms. The molecule has 0 heteroatoms. The van der Waals surface area contributed by atoms with E-state index < -0.39 is 0 Å². The summed E-state index contributed by atoms with van der Waals surface area (Å²) < 4.78 is 0. The lowest BCUT2D eigenvalue weighted by atomic mass is 9.77. The normalized spacial score (nSPS) is 23.6. The highest BCUT2D eigenvalue weighted by Crippen LogP contribution is 2.37. The zero-order chi connectivity index (χ0) is 10.3. The van der Waals surface area contributed by atoms with Crippen molar-refractivity contribution in [1.29, 1.82) is 0 Å². The minimum absolute atomic E-state index is 0.695. The molecule has 0 aliphatic heterocycles. The van der Waals surface area contributed by atoms with Gasteiger partial charge in [-0.3, -0.25) is 0 Å². The third kappa shape index (κ3) is 4.48. The van der Waals surface area contributed by atoms with Crippen LogP contribution in [0.2, 0.25) is 0 Å². The Kier molecular flexibility index (Phi) is 5.59. The van der Waals surface area contributed by atoms with E-state index in [2.05, 4.69) is 13.8 Å². The van der Waals surface area contributed by atoms with Crippen molar-refractivity contribution in [3.8, 4) is 0 Å². The summed E-state index contributed by atoms with van der Waals surface area (Å²) in [5, 5.41) is 0. The first-order valence-corrected chi connectivity index (χ1v) is 6.77. The Labute approximate surface area is 90.5 Å². The van der Waals surface area contributed by atoms with E-state index in [1.54, 1.807) is 0 Å². The van der Waals surface area contributed by atoms with Gasteiger partial charge in [0.25, 0.3) is 0 Å². The molecule has 1 aliphatic rings. The molecule has 1 fully saturated rings. The quantitative estimate of drug-likeness (QED) is 0.573. The molecule has 1 rings (SSSR count). The maximum Gasteiger partial charge on any atom is -0.0326 e. The minimum Gasteiger partial charge on any atom is -0.0654 e. The molecule has 0 heterocycles. The Morgan fingerprint density at radius 2 is 1.36 bits per heavy atom. The molecule has 0 saturated heterocycles. The Bertz CT molecular complexity index is 127. The van der Waals surface area contributed by atoms with Crippen molar-refractivity contribution in [3.05, 3.63) is 0 Å². The fraction of sp³-hybridized carbons (Fsp3) is 1.00. The lowest BCUT2D eigenvalue weighted by Gasteiger charge is -2.29. The molecule has 84 valence electrons. The zero-order valence-electron chi connectivity index (χ0n) is 10.3. The Morgan fingerprint density at radius 1 is 0.857 bits per heavy atom. The van der Waals surface area contributed by atoms with Crippen molar-refractivity contribution in [2.24, 2.45) is 5.41 Å². The molecule has 0 amide bonds. The largest absolute Gasteiger partial charge is 0.0654 e. The van der Waals surface area contributed by atoms with Gasteiger partial charge >= 0.3 is 0 Å². The van der Waals surface area contributed by atoms with Crippen molar-refractivity contribution in [1.82, 2.24) is 0 Å². The SMILES string of the molecule is CCCCC1(C)CCCCCCCC1. The molecule has 0 N–H and O–H groups in total. The van der Waals surface area contributed by atoms with Crippen molar-refractivity contribution < 1.29 is 0 Å². The van der Waals surface area contributed by atoms with E-state index in [9.17, 15) is 0 Å². The summed E-state index contributed by atoms with van der Waals surface area (Å²) in [6.07, 6.45) is 16.2. The molecule has 0 aromatic rings. The monoisotopic (exact) mass is 196 g/mol. The van der Waals surface area contributed by atoms with Crippen LogP contribution in [0.1, 0.15) is 84.5 Å². The van der Waals surface area contributed by atoms with Gasteiger partial charge in [-0.1, -0.05) is 65.2 Å². The summed E-state index contributed by atoms with van der Waals surface area (Å²) in [5.74, 6) is 0. The second-order valence-corrected chi connectivity index (χ2v) is 5.54.